The van der Waals surface area contributed by atoms with E-state index in [9.17, 15) is 21.6 Å². The number of alkyl halides is 3. The first-order valence-corrected chi connectivity index (χ1v) is 9.47. The molecule has 0 saturated carbocycles. The Labute approximate surface area is 149 Å². The van der Waals surface area contributed by atoms with Gasteiger partial charge in [0.25, 0.3) is 0 Å². The number of hydrogen-bond donors (Lipinski definition) is 0. The molecule has 0 radical (unpaired) electrons. The van der Waals surface area contributed by atoms with Crippen LogP contribution >= 0.6 is 0 Å². The van der Waals surface area contributed by atoms with E-state index in [1.807, 2.05) is 0 Å². The van der Waals surface area contributed by atoms with E-state index in [0.717, 1.165) is 18.4 Å². The zero-order chi connectivity index (χ0) is 18.9. The molecule has 2 aromatic carbocycles. The van der Waals surface area contributed by atoms with Gasteiger partial charge in [0.1, 0.15) is 0 Å². The topological polar surface area (TPSA) is 47.0 Å². The van der Waals surface area contributed by atoms with Crippen LogP contribution in [0.15, 0.2) is 71.9 Å². The van der Waals surface area contributed by atoms with Gasteiger partial charge >= 0.3 is 6.18 Å². The van der Waals surface area contributed by atoms with Gasteiger partial charge in [-0.05, 0) is 47.0 Å². The molecule has 0 atom stereocenters. The normalized spacial score (nSPS) is 12.2. The third kappa shape index (κ3) is 3.77. The van der Waals surface area contributed by atoms with Crippen molar-refractivity contribution in [3.63, 3.8) is 0 Å². The van der Waals surface area contributed by atoms with Gasteiger partial charge in [0, 0.05) is 24.2 Å². The summed E-state index contributed by atoms with van der Waals surface area (Å²) in [6, 6.07) is 12.7. The van der Waals surface area contributed by atoms with E-state index in [0.29, 0.717) is 22.3 Å². The maximum Gasteiger partial charge on any atom is 0.416 e. The van der Waals surface area contributed by atoms with Crippen molar-refractivity contribution in [1.29, 1.82) is 0 Å². The van der Waals surface area contributed by atoms with Crippen molar-refractivity contribution in [3.8, 4) is 22.3 Å². The van der Waals surface area contributed by atoms with E-state index in [1.54, 1.807) is 24.5 Å². The average Bonchev–Trinajstić information content (AvgIpc) is 2.60. The second-order valence-corrected chi connectivity index (χ2v) is 7.81. The highest BCUT2D eigenvalue weighted by atomic mass is 32.2. The largest absolute Gasteiger partial charge is 0.416 e. The van der Waals surface area contributed by atoms with Gasteiger partial charge in [0.2, 0.25) is 0 Å². The Balaban J connectivity index is 2.20. The number of benzene rings is 2. The van der Waals surface area contributed by atoms with Gasteiger partial charge in [-0.15, -0.1) is 0 Å². The molecule has 0 aliphatic rings. The zero-order valence-electron chi connectivity index (χ0n) is 13.7. The predicted molar refractivity (Wildman–Crippen MR) is 93.2 cm³/mol. The summed E-state index contributed by atoms with van der Waals surface area (Å²) in [6.07, 6.45) is -0.257. The SMILES string of the molecule is CS(=O)(=O)c1ccc(-c2cc(C(F)(F)F)ccc2-c2cccnc2)cc1. The molecule has 0 saturated heterocycles. The van der Waals surface area contributed by atoms with E-state index >= 15 is 0 Å². The first kappa shape index (κ1) is 18.1. The molecule has 3 aromatic rings. The number of rotatable bonds is 3. The van der Waals surface area contributed by atoms with Gasteiger partial charge in [0.15, 0.2) is 9.84 Å². The summed E-state index contributed by atoms with van der Waals surface area (Å²) in [7, 11) is -3.39. The summed E-state index contributed by atoms with van der Waals surface area (Å²) < 4.78 is 62.6. The van der Waals surface area contributed by atoms with Crippen LogP contribution in [0.5, 0.6) is 0 Å². The monoisotopic (exact) mass is 377 g/mol. The van der Waals surface area contributed by atoms with Crippen LogP contribution in [-0.2, 0) is 16.0 Å². The molecule has 0 bridgehead atoms. The maximum absolute atomic E-state index is 13.1. The van der Waals surface area contributed by atoms with Crippen LogP contribution < -0.4 is 0 Å². The molecule has 3 rings (SSSR count). The fourth-order valence-electron chi connectivity index (χ4n) is 2.61. The summed E-state index contributed by atoms with van der Waals surface area (Å²) in [4.78, 5) is 4.12. The molecule has 7 heteroatoms. The highest BCUT2D eigenvalue weighted by Gasteiger charge is 2.31. The second kappa shape index (κ2) is 6.57. The van der Waals surface area contributed by atoms with E-state index in [-0.39, 0.29) is 4.90 Å². The van der Waals surface area contributed by atoms with Crippen LogP contribution in [0.1, 0.15) is 5.56 Å². The van der Waals surface area contributed by atoms with Crippen molar-refractivity contribution in [2.24, 2.45) is 0 Å². The van der Waals surface area contributed by atoms with Crippen molar-refractivity contribution in [3.05, 3.63) is 72.6 Å². The first-order chi connectivity index (χ1) is 12.2. The molecule has 0 spiro atoms. The molecule has 0 aliphatic carbocycles. The average molecular weight is 377 g/mol. The molecular weight excluding hydrogens is 363 g/mol. The Bertz CT molecular complexity index is 1030. The minimum atomic E-state index is -4.48. The molecule has 1 aromatic heterocycles. The number of hydrogen-bond acceptors (Lipinski definition) is 3. The van der Waals surface area contributed by atoms with Gasteiger partial charge in [-0.1, -0.05) is 24.3 Å². The number of pyridine rings is 1. The third-order valence-electron chi connectivity index (χ3n) is 3.91. The lowest BCUT2D eigenvalue weighted by Crippen LogP contribution is -2.05. The summed E-state index contributed by atoms with van der Waals surface area (Å²) in [5.74, 6) is 0. The number of aromatic nitrogens is 1. The lowest BCUT2D eigenvalue weighted by molar-refractivity contribution is -0.137. The second-order valence-electron chi connectivity index (χ2n) is 5.80. The Morgan fingerprint density at radius 1 is 0.885 bits per heavy atom. The molecule has 3 nitrogen and oxygen atoms in total. The molecule has 0 N–H and O–H groups in total. The molecule has 134 valence electrons. The molecule has 0 aliphatic heterocycles. The smallest absolute Gasteiger partial charge is 0.264 e. The Morgan fingerprint density at radius 3 is 2.12 bits per heavy atom. The van der Waals surface area contributed by atoms with E-state index < -0.39 is 21.6 Å². The molecular formula is C19H14F3NO2S. The van der Waals surface area contributed by atoms with E-state index in [2.05, 4.69) is 4.98 Å². The Morgan fingerprint density at radius 2 is 1.58 bits per heavy atom. The molecule has 26 heavy (non-hydrogen) atoms. The number of nitrogens with zero attached hydrogens (tertiary/aromatic N) is 1. The minimum absolute atomic E-state index is 0.108. The molecule has 0 unspecified atom stereocenters. The molecule has 1 heterocycles. The number of sulfone groups is 1. The highest BCUT2D eigenvalue weighted by molar-refractivity contribution is 7.90. The minimum Gasteiger partial charge on any atom is -0.264 e. The van der Waals surface area contributed by atoms with Gasteiger partial charge in [-0.3, -0.25) is 4.98 Å². The van der Waals surface area contributed by atoms with Crippen molar-refractivity contribution in [2.75, 3.05) is 6.26 Å². The lowest BCUT2D eigenvalue weighted by Gasteiger charge is -2.14. The van der Waals surface area contributed by atoms with Crippen molar-refractivity contribution in [2.45, 2.75) is 11.1 Å². The fraction of sp³-hybridized carbons (Fsp3) is 0.105. The van der Waals surface area contributed by atoms with Crippen LogP contribution in [0.25, 0.3) is 22.3 Å². The Kier molecular flexibility index (Phi) is 4.58. The number of halogens is 3. The zero-order valence-corrected chi connectivity index (χ0v) is 14.5. The van der Waals surface area contributed by atoms with Crippen molar-refractivity contribution < 1.29 is 21.6 Å². The fourth-order valence-corrected chi connectivity index (χ4v) is 3.25. The van der Waals surface area contributed by atoms with Crippen molar-refractivity contribution >= 4 is 9.84 Å². The van der Waals surface area contributed by atoms with Crippen LogP contribution in [-0.4, -0.2) is 19.7 Å². The van der Waals surface area contributed by atoms with Gasteiger partial charge < -0.3 is 0 Å². The summed E-state index contributed by atoms with van der Waals surface area (Å²) in [5.41, 5.74) is 1.32. The standard InChI is InChI=1S/C19H14F3NO2S/c1-26(24,25)16-7-4-13(5-8-16)18-11-15(19(20,21)22)6-9-17(18)14-3-2-10-23-12-14/h2-12H,1H3. The quantitative estimate of drug-likeness (QED) is 0.656. The maximum atomic E-state index is 13.1. The van der Waals surface area contributed by atoms with Crippen LogP contribution in [0.2, 0.25) is 0 Å². The highest BCUT2D eigenvalue weighted by Crippen LogP contribution is 2.38. The lowest BCUT2D eigenvalue weighted by atomic mass is 9.93. The van der Waals surface area contributed by atoms with Crippen LogP contribution in [0, 0.1) is 0 Å². The van der Waals surface area contributed by atoms with Gasteiger partial charge in [-0.25, -0.2) is 8.42 Å². The summed E-state index contributed by atoms with van der Waals surface area (Å²) in [6.45, 7) is 0. The third-order valence-corrected chi connectivity index (χ3v) is 5.04. The van der Waals surface area contributed by atoms with Crippen LogP contribution in [0.3, 0.4) is 0 Å². The first-order valence-electron chi connectivity index (χ1n) is 7.58. The molecule has 0 amide bonds. The van der Waals surface area contributed by atoms with E-state index in [1.165, 1.54) is 30.3 Å². The molecule has 0 fully saturated rings. The summed E-state index contributed by atoms with van der Waals surface area (Å²) >= 11 is 0. The Hall–Kier alpha value is -2.67. The van der Waals surface area contributed by atoms with Crippen LogP contribution in [0.4, 0.5) is 13.2 Å². The predicted octanol–water partition coefficient (Wildman–Crippen LogP) is 4.84. The van der Waals surface area contributed by atoms with Gasteiger partial charge in [-0.2, -0.15) is 13.2 Å². The summed E-state index contributed by atoms with van der Waals surface area (Å²) in [5, 5.41) is 0. The van der Waals surface area contributed by atoms with E-state index in [4.69, 9.17) is 0 Å². The van der Waals surface area contributed by atoms with Crippen molar-refractivity contribution in [1.82, 2.24) is 4.98 Å². The van der Waals surface area contributed by atoms with Gasteiger partial charge in [0.05, 0.1) is 10.5 Å².